The lowest BCUT2D eigenvalue weighted by Crippen LogP contribution is -2.34. The van der Waals surface area contributed by atoms with E-state index in [-0.39, 0.29) is 19.7 Å². The van der Waals surface area contributed by atoms with E-state index in [2.05, 4.69) is 15.6 Å². The monoisotopic (exact) mass is 309 g/mol. The molecule has 1 rings (SSSR count). The molecule has 0 radical (unpaired) electrons. The predicted molar refractivity (Wildman–Crippen MR) is 82.3 cm³/mol. The second kappa shape index (κ2) is 8.33. The first kappa shape index (κ1) is 17.9. The lowest BCUT2D eigenvalue weighted by Gasteiger charge is -2.19. The Balaban J connectivity index is 2.28. The molecule has 22 heavy (non-hydrogen) atoms. The van der Waals surface area contributed by atoms with Crippen LogP contribution in [-0.2, 0) is 25.7 Å². The summed E-state index contributed by atoms with van der Waals surface area (Å²) in [5.41, 5.74) is 0.244. The summed E-state index contributed by atoms with van der Waals surface area (Å²) < 4.78 is 10.2. The van der Waals surface area contributed by atoms with Crippen LogP contribution in [0.4, 0.5) is 5.82 Å². The highest BCUT2D eigenvalue weighted by Gasteiger charge is 2.16. The fourth-order valence-corrected chi connectivity index (χ4v) is 1.63. The number of hydrogen-bond acceptors (Lipinski definition) is 7. The number of esters is 2. The highest BCUT2D eigenvalue weighted by atomic mass is 16.6. The molecular formula is C15H23N3O4. The van der Waals surface area contributed by atoms with E-state index in [1.165, 1.54) is 0 Å². The molecule has 0 unspecified atom stereocenters. The van der Waals surface area contributed by atoms with E-state index in [1.807, 2.05) is 6.07 Å². The fraction of sp³-hybridized carbons (Fsp3) is 0.533. The normalized spacial score (nSPS) is 10.9. The quantitative estimate of drug-likeness (QED) is 0.729. The summed E-state index contributed by atoms with van der Waals surface area (Å²) in [6, 6.07) is 3.59. The molecule has 0 saturated carbocycles. The third kappa shape index (κ3) is 7.03. The molecule has 0 aliphatic rings. The number of ether oxygens (including phenoxy) is 2. The molecule has 1 aromatic heterocycles. The van der Waals surface area contributed by atoms with Gasteiger partial charge in [-0.1, -0.05) is 6.07 Å². The maximum atomic E-state index is 11.6. The SMILES string of the molecule is CNc1ncccc1COC(=O)CNCC(=O)OC(C)(C)C. The smallest absolute Gasteiger partial charge is 0.320 e. The predicted octanol–water partition coefficient (Wildman–Crippen LogP) is 1.10. The van der Waals surface area contributed by atoms with E-state index >= 15 is 0 Å². The third-order valence-electron chi connectivity index (χ3n) is 2.48. The van der Waals surface area contributed by atoms with Crippen molar-refractivity contribution in [3.8, 4) is 0 Å². The zero-order chi connectivity index (χ0) is 16.6. The Hall–Kier alpha value is -2.15. The molecule has 0 aliphatic carbocycles. The van der Waals surface area contributed by atoms with Gasteiger partial charge in [0.25, 0.3) is 0 Å². The van der Waals surface area contributed by atoms with Crippen LogP contribution >= 0.6 is 0 Å². The molecule has 0 atom stereocenters. The molecule has 0 amide bonds. The summed E-state index contributed by atoms with van der Waals surface area (Å²) in [6.07, 6.45) is 1.65. The van der Waals surface area contributed by atoms with Gasteiger partial charge in [-0.15, -0.1) is 0 Å². The molecule has 122 valence electrons. The summed E-state index contributed by atoms with van der Waals surface area (Å²) in [6.45, 7) is 5.37. The van der Waals surface area contributed by atoms with Gasteiger partial charge in [0.1, 0.15) is 18.0 Å². The van der Waals surface area contributed by atoms with E-state index in [4.69, 9.17) is 9.47 Å². The molecule has 7 nitrogen and oxygen atoms in total. The van der Waals surface area contributed by atoms with Crippen LogP contribution in [0.25, 0.3) is 0 Å². The largest absolute Gasteiger partial charge is 0.460 e. The van der Waals surface area contributed by atoms with Gasteiger partial charge >= 0.3 is 11.9 Å². The van der Waals surface area contributed by atoms with E-state index < -0.39 is 17.5 Å². The lowest BCUT2D eigenvalue weighted by molar-refractivity contribution is -0.153. The zero-order valence-electron chi connectivity index (χ0n) is 13.4. The summed E-state index contributed by atoms with van der Waals surface area (Å²) >= 11 is 0. The molecule has 7 heteroatoms. The lowest BCUT2D eigenvalue weighted by atomic mass is 10.2. The van der Waals surface area contributed by atoms with Gasteiger partial charge < -0.3 is 14.8 Å². The highest BCUT2D eigenvalue weighted by Crippen LogP contribution is 2.11. The number of anilines is 1. The van der Waals surface area contributed by atoms with Gasteiger partial charge in [-0.3, -0.25) is 14.9 Å². The van der Waals surface area contributed by atoms with Crippen LogP contribution in [0, 0.1) is 0 Å². The first-order chi connectivity index (χ1) is 10.3. The Morgan fingerprint density at radius 3 is 2.55 bits per heavy atom. The number of nitrogens with zero attached hydrogens (tertiary/aromatic N) is 1. The number of carbonyl (C=O) groups is 2. The standard InChI is InChI=1S/C15H23N3O4/c1-15(2,3)22-13(20)9-17-8-12(19)21-10-11-6-5-7-18-14(11)16-4/h5-7,17H,8-10H2,1-4H3,(H,16,18). The van der Waals surface area contributed by atoms with Crippen molar-refractivity contribution >= 4 is 17.8 Å². The second-order valence-electron chi connectivity index (χ2n) is 5.61. The minimum absolute atomic E-state index is 0.0406. The van der Waals surface area contributed by atoms with E-state index in [9.17, 15) is 9.59 Å². The van der Waals surface area contributed by atoms with Crippen LogP contribution in [0.1, 0.15) is 26.3 Å². The molecule has 0 spiro atoms. The van der Waals surface area contributed by atoms with Crippen molar-refractivity contribution in [2.24, 2.45) is 0 Å². The Bertz CT molecular complexity index is 512. The Labute approximate surface area is 130 Å². The number of pyridine rings is 1. The molecule has 2 N–H and O–H groups in total. The first-order valence-electron chi connectivity index (χ1n) is 7.01. The van der Waals surface area contributed by atoms with Crippen LogP contribution < -0.4 is 10.6 Å². The van der Waals surface area contributed by atoms with Crippen LogP contribution in [0.3, 0.4) is 0 Å². The molecule has 1 aromatic rings. The Kier molecular flexibility index (Phi) is 6.78. The zero-order valence-corrected chi connectivity index (χ0v) is 13.4. The number of aromatic nitrogens is 1. The van der Waals surface area contributed by atoms with Crippen molar-refractivity contribution in [1.29, 1.82) is 0 Å². The number of hydrogen-bond donors (Lipinski definition) is 2. The van der Waals surface area contributed by atoms with Crippen LogP contribution in [0.5, 0.6) is 0 Å². The summed E-state index contributed by atoms with van der Waals surface area (Å²) in [5.74, 6) is -0.198. The third-order valence-corrected chi connectivity index (χ3v) is 2.48. The van der Waals surface area contributed by atoms with Crippen molar-refractivity contribution in [3.05, 3.63) is 23.9 Å². The van der Waals surface area contributed by atoms with E-state index in [0.29, 0.717) is 5.82 Å². The summed E-state index contributed by atoms with van der Waals surface area (Å²) in [4.78, 5) is 27.2. The molecule has 0 saturated heterocycles. The molecule has 0 aliphatic heterocycles. The molecule has 0 bridgehead atoms. The van der Waals surface area contributed by atoms with Crippen LogP contribution in [-0.4, -0.2) is 42.7 Å². The van der Waals surface area contributed by atoms with Crippen molar-refractivity contribution in [2.75, 3.05) is 25.5 Å². The van der Waals surface area contributed by atoms with Gasteiger partial charge in [0.15, 0.2) is 0 Å². The minimum Gasteiger partial charge on any atom is -0.460 e. The molecule has 1 heterocycles. The maximum Gasteiger partial charge on any atom is 0.320 e. The minimum atomic E-state index is -0.539. The number of nitrogens with one attached hydrogen (secondary N) is 2. The Morgan fingerprint density at radius 1 is 1.23 bits per heavy atom. The highest BCUT2D eigenvalue weighted by molar-refractivity contribution is 5.75. The summed E-state index contributed by atoms with van der Waals surface area (Å²) in [5, 5.41) is 5.61. The van der Waals surface area contributed by atoms with Gasteiger partial charge in [-0.25, -0.2) is 4.98 Å². The van der Waals surface area contributed by atoms with Crippen LogP contribution in [0.2, 0.25) is 0 Å². The van der Waals surface area contributed by atoms with Gasteiger partial charge in [0.05, 0.1) is 13.1 Å². The first-order valence-corrected chi connectivity index (χ1v) is 7.01. The maximum absolute atomic E-state index is 11.6. The van der Waals surface area contributed by atoms with Crippen molar-refractivity contribution in [3.63, 3.8) is 0 Å². The number of rotatable bonds is 7. The average Bonchev–Trinajstić information content (AvgIpc) is 2.43. The molecular weight excluding hydrogens is 286 g/mol. The fourth-order valence-electron chi connectivity index (χ4n) is 1.63. The van der Waals surface area contributed by atoms with Crippen molar-refractivity contribution in [1.82, 2.24) is 10.3 Å². The Morgan fingerprint density at radius 2 is 1.91 bits per heavy atom. The van der Waals surface area contributed by atoms with Gasteiger partial charge in [-0.2, -0.15) is 0 Å². The van der Waals surface area contributed by atoms with E-state index in [1.54, 1.807) is 40.1 Å². The van der Waals surface area contributed by atoms with Crippen molar-refractivity contribution < 1.29 is 19.1 Å². The van der Waals surface area contributed by atoms with Crippen molar-refractivity contribution in [2.45, 2.75) is 33.0 Å². The average molecular weight is 309 g/mol. The number of carbonyl (C=O) groups excluding carboxylic acids is 2. The summed E-state index contributed by atoms with van der Waals surface area (Å²) in [7, 11) is 1.75. The molecule has 0 fully saturated rings. The van der Waals surface area contributed by atoms with Crippen LogP contribution in [0.15, 0.2) is 18.3 Å². The van der Waals surface area contributed by atoms with E-state index in [0.717, 1.165) is 5.56 Å². The second-order valence-corrected chi connectivity index (χ2v) is 5.61. The van der Waals surface area contributed by atoms with Gasteiger partial charge in [0.2, 0.25) is 0 Å². The topological polar surface area (TPSA) is 89.6 Å². The van der Waals surface area contributed by atoms with Gasteiger partial charge in [0, 0.05) is 18.8 Å². The molecule has 0 aromatic carbocycles. The van der Waals surface area contributed by atoms with Gasteiger partial charge in [-0.05, 0) is 26.8 Å².